The van der Waals surface area contributed by atoms with Crippen molar-refractivity contribution in [2.75, 3.05) is 24.5 Å². The van der Waals surface area contributed by atoms with E-state index in [1.54, 1.807) is 34.3 Å². The molecule has 0 N–H and O–H groups in total. The molecule has 2 saturated heterocycles. The number of amides is 2. The van der Waals surface area contributed by atoms with Gasteiger partial charge in [-0.25, -0.2) is 0 Å². The smallest absolute Gasteiger partial charge is 0.289 e. The molecule has 0 saturated carbocycles. The van der Waals surface area contributed by atoms with Crippen LogP contribution in [-0.4, -0.2) is 41.3 Å². The van der Waals surface area contributed by atoms with Gasteiger partial charge in [-0.2, -0.15) is 0 Å². The number of rotatable bonds is 2. The van der Waals surface area contributed by atoms with Gasteiger partial charge in [0.2, 0.25) is 5.91 Å². The first-order valence-corrected chi connectivity index (χ1v) is 8.24. The number of hydrogen-bond donors (Lipinski definition) is 0. The Hall–Kier alpha value is -2.63. The van der Waals surface area contributed by atoms with E-state index in [1.807, 2.05) is 12.1 Å². The molecule has 1 unspecified atom stereocenters. The lowest BCUT2D eigenvalue weighted by Gasteiger charge is -2.38. The quantitative estimate of drug-likeness (QED) is 0.850. The second kappa shape index (κ2) is 5.78. The third kappa shape index (κ3) is 2.38. The first kappa shape index (κ1) is 14.9. The van der Waals surface area contributed by atoms with E-state index in [1.165, 1.54) is 6.26 Å². The molecule has 1 spiro atoms. The van der Waals surface area contributed by atoms with E-state index in [9.17, 15) is 9.59 Å². The van der Waals surface area contributed by atoms with Crippen molar-refractivity contribution in [2.24, 2.45) is 5.41 Å². The van der Waals surface area contributed by atoms with Gasteiger partial charge in [0.1, 0.15) is 0 Å². The molecule has 2 aliphatic heterocycles. The third-order valence-electron chi connectivity index (χ3n) is 5.07. The van der Waals surface area contributed by atoms with Crippen molar-refractivity contribution in [3.05, 3.63) is 48.7 Å². The lowest BCUT2D eigenvalue weighted by atomic mass is 9.78. The molecule has 2 aromatic rings. The molecule has 6 nitrogen and oxygen atoms in total. The van der Waals surface area contributed by atoms with Gasteiger partial charge in [0.05, 0.1) is 23.6 Å². The highest BCUT2D eigenvalue weighted by molar-refractivity contribution is 6.00. The summed E-state index contributed by atoms with van der Waals surface area (Å²) >= 11 is 0. The van der Waals surface area contributed by atoms with Crippen molar-refractivity contribution in [1.29, 1.82) is 0 Å². The van der Waals surface area contributed by atoms with Crippen LogP contribution in [-0.2, 0) is 4.79 Å². The maximum Gasteiger partial charge on any atom is 0.289 e. The minimum absolute atomic E-state index is 0.104. The first-order chi connectivity index (χ1) is 11.7. The third-order valence-corrected chi connectivity index (χ3v) is 5.07. The van der Waals surface area contributed by atoms with E-state index < -0.39 is 5.41 Å². The fraction of sp³-hybridized carbons (Fsp3) is 0.389. The molecular formula is C18H19N3O3. The average Bonchev–Trinajstić information content (AvgIpc) is 3.26. The molecular weight excluding hydrogens is 306 g/mol. The van der Waals surface area contributed by atoms with Crippen molar-refractivity contribution in [2.45, 2.75) is 19.3 Å². The number of furan rings is 1. The summed E-state index contributed by atoms with van der Waals surface area (Å²) < 4.78 is 5.22. The number of piperidine rings is 1. The van der Waals surface area contributed by atoms with Crippen LogP contribution in [0.15, 0.2) is 47.3 Å². The molecule has 0 bridgehead atoms. The fourth-order valence-corrected chi connectivity index (χ4v) is 3.82. The molecule has 4 rings (SSSR count). The van der Waals surface area contributed by atoms with Gasteiger partial charge in [-0.05, 0) is 43.5 Å². The largest absolute Gasteiger partial charge is 0.459 e. The van der Waals surface area contributed by atoms with Crippen molar-refractivity contribution < 1.29 is 14.0 Å². The standard InChI is InChI=1S/C18H19N3O3/c22-16(15-5-2-11-24-15)20-9-3-6-18(13-20)7-10-21(17(18)23)14-4-1-8-19-12-14/h1-2,4-5,8,11-12H,3,6-7,9-10,13H2. The summed E-state index contributed by atoms with van der Waals surface area (Å²) in [4.78, 5) is 33.3. The van der Waals surface area contributed by atoms with Gasteiger partial charge in [-0.15, -0.1) is 0 Å². The Morgan fingerprint density at radius 2 is 2.12 bits per heavy atom. The SMILES string of the molecule is O=C(c1ccco1)N1CCCC2(CCN(c3cccnc3)C2=O)C1. The number of carbonyl (C=O) groups excluding carboxylic acids is 2. The molecule has 2 fully saturated rings. The van der Waals surface area contributed by atoms with Crippen LogP contribution in [0.25, 0.3) is 0 Å². The van der Waals surface area contributed by atoms with E-state index >= 15 is 0 Å². The molecule has 2 aliphatic rings. The Kier molecular flexibility index (Phi) is 3.59. The summed E-state index contributed by atoms with van der Waals surface area (Å²) in [5.74, 6) is 0.306. The molecule has 6 heteroatoms. The molecule has 124 valence electrons. The van der Waals surface area contributed by atoms with E-state index in [4.69, 9.17) is 4.42 Å². The highest BCUT2D eigenvalue weighted by Gasteiger charge is 2.50. The lowest BCUT2D eigenvalue weighted by Crippen LogP contribution is -2.49. The summed E-state index contributed by atoms with van der Waals surface area (Å²) in [5.41, 5.74) is 0.352. The number of pyridine rings is 1. The molecule has 1 atom stereocenters. The van der Waals surface area contributed by atoms with Crippen LogP contribution in [0.2, 0.25) is 0 Å². The zero-order valence-electron chi connectivity index (χ0n) is 13.4. The first-order valence-electron chi connectivity index (χ1n) is 8.24. The van der Waals surface area contributed by atoms with E-state index in [0.29, 0.717) is 25.4 Å². The normalized spacial score (nSPS) is 23.9. The van der Waals surface area contributed by atoms with Crippen molar-refractivity contribution >= 4 is 17.5 Å². The maximum absolute atomic E-state index is 13.1. The maximum atomic E-state index is 13.1. The number of anilines is 1. The minimum Gasteiger partial charge on any atom is -0.459 e. The van der Waals surface area contributed by atoms with Crippen LogP contribution in [0.5, 0.6) is 0 Å². The summed E-state index contributed by atoms with van der Waals surface area (Å²) in [6.07, 6.45) is 7.33. The Morgan fingerprint density at radius 3 is 2.88 bits per heavy atom. The lowest BCUT2D eigenvalue weighted by molar-refractivity contribution is -0.127. The van der Waals surface area contributed by atoms with Crippen LogP contribution in [0, 0.1) is 5.41 Å². The Morgan fingerprint density at radius 1 is 1.21 bits per heavy atom. The van der Waals surface area contributed by atoms with Gasteiger partial charge >= 0.3 is 0 Å². The van der Waals surface area contributed by atoms with Crippen LogP contribution in [0.4, 0.5) is 5.69 Å². The monoisotopic (exact) mass is 325 g/mol. The van der Waals surface area contributed by atoms with Gasteiger partial charge in [0, 0.05) is 25.8 Å². The molecule has 2 amide bonds. The summed E-state index contributed by atoms with van der Waals surface area (Å²) in [5, 5.41) is 0. The highest BCUT2D eigenvalue weighted by atomic mass is 16.3. The molecule has 0 radical (unpaired) electrons. The zero-order valence-corrected chi connectivity index (χ0v) is 13.4. The molecule has 0 aliphatic carbocycles. The van der Waals surface area contributed by atoms with Crippen LogP contribution < -0.4 is 4.90 Å². The fourth-order valence-electron chi connectivity index (χ4n) is 3.82. The Balaban J connectivity index is 1.55. The molecule has 2 aromatic heterocycles. The van der Waals surface area contributed by atoms with E-state index in [-0.39, 0.29) is 11.8 Å². The number of likely N-dealkylation sites (tertiary alicyclic amines) is 1. The van der Waals surface area contributed by atoms with Crippen LogP contribution >= 0.6 is 0 Å². The average molecular weight is 325 g/mol. The van der Waals surface area contributed by atoms with Gasteiger partial charge < -0.3 is 14.2 Å². The second-order valence-corrected chi connectivity index (χ2v) is 6.51. The molecule has 0 aromatic carbocycles. The van der Waals surface area contributed by atoms with Crippen LogP contribution in [0.1, 0.15) is 29.8 Å². The van der Waals surface area contributed by atoms with Gasteiger partial charge in [-0.1, -0.05) is 0 Å². The van der Waals surface area contributed by atoms with Gasteiger partial charge in [-0.3, -0.25) is 14.6 Å². The van der Waals surface area contributed by atoms with Crippen molar-refractivity contribution in [3.63, 3.8) is 0 Å². The van der Waals surface area contributed by atoms with E-state index in [2.05, 4.69) is 4.98 Å². The topological polar surface area (TPSA) is 66.7 Å². The van der Waals surface area contributed by atoms with Crippen molar-refractivity contribution in [1.82, 2.24) is 9.88 Å². The number of nitrogens with zero attached hydrogens (tertiary/aromatic N) is 3. The minimum atomic E-state index is -0.476. The Bertz CT molecular complexity index is 744. The van der Waals surface area contributed by atoms with Crippen LogP contribution in [0.3, 0.4) is 0 Å². The number of hydrogen-bond acceptors (Lipinski definition) is 4. The predicted octanol–water partition coefficient (Wildman–Crippen LogP) is 2.33. The zero-order chi connectivity index (χ0) is 16.6. The summed E-state index contributed by atoms with van der Waals surface area (Å²) in [7, 11) is 0. The summed E-state index contributed by atoms with van der Waals surface area (Å²) in [6, 6.07) is 7.11. The number of carbonyl (C=O) groups is 2. The molecule has 4 heterocycles. The molecule has 24 heavy (non-hydrogen) atoms. The highest BCUT2D eigenvalue weighted by Crippen LogP contribution is 2.42. The summed E-state index contributed by atoms with van der Waals surface area (Å²) in [6.45, 7) is 1.80. The number of aromatic nitrogens is 1. The Labute approximate surface area is 140 Å². The van der Waals surface area contributed by atoms with E-state index in [0.717, 1.165) is 24.9 Å². The van der Waals surface area contributed by atoms with Crippen molar-refractivity contribution in [3.8, 4) is 0 Å². The predicted molar refractivity (Wildman–Crippen MR) is 87.5 cm³/mol. The van der Waals surface area contributed by atoms with Gasteiger partial charge in [0.15, 0.2) is 5.76 Å². The van der Waals surface area contributed by atoms with Gasteiger partial charge in [0.25, 0.3) is 5.91 Å². The second-order valence-electron chi connectivity index (χ2n) is 6.51.